The summed E-state index contributed by atoms with van der Waals surface area (Å²) in [5.41, 5.74) is 11.3. The summed E-state index contributed by atoms with van der Waals surface area (Å²) in [6, 6.07) is 24.2. The predicted octanol–water partition coefficient (Wildman–Crippen LogP) is 6.62. The van der Waals surface area contributed by atoms with Crippen molar-refractivity contribution < 1.29 is 14.3 Å². The number of primary amides is 1. The van der Waals surface area contributed by atoms with E-state index in [1.54, 1.807) is 10.6 Å². The molecule has 5 aromatic rings. The highest BCUT2D eigenvalue weighted by Gasteiger charge is 2.41. The van der Waals surface area contributed by atoms with Gasteiger partial charge in [0.1, 0.15) is 11.1 Å². The van der Waals surface area contributed by atoms with Crippen molar-refractivity contribution in [2.24, 2.45) is 5.73 Å². The predicted molar refractivity (Wildman–Crippen MR) is 164 cm³/mol. The molecular formula is C34H33N5O3. The van der Waals surface area contributed by atoms with Crippen molar-refractivity contribution in [2.45, 2.75) is 51.2 Å². The van der Waals surface area contributed by atoms with Crippen LogP contribution in [0.2, 0.25) is 0 Å². The molecule has 1 saturated carbocycles. The summed E-state index contributed by atoms with van der Waals surface area (Å²) in [6.45, 7) is 5.60. The molecule has 2 amide bonds. The van der Waals surface area contributed by atoms with Gasteiger partial charge in [0.05, 0.1) is 11.2 Å². The molecule has 0 bridgehead atoms. The number of nitrogens with two attached hydrogens (primary N) is 1. The number of hydrogen-bond donors (Lipinski definition) is 2. The van der Waals surface area contributed by atoms with Crippen LogP contribution in [-0.4, -0.2) is 32.2 Å². The van der Waals surface area contributed by atoms with Crippen LogP contribution in [0.5, 0.6) is 0 Å². The second-order valence-electron chi connectivity index (χ2n) is 11.8. The fourth-order valence-corrected chi connectivity index (χ4v) is 5.50. The molecule has 0 spiro atoms. The third-order valence-electron chi connectivity index (χ3n) is 7.63. The van der Waals surface area contributed by atoms with Gasteiger partial charge >= 0.3 is 6.09 Å². The van der Waals surface area contributed by atoms with Gasteiger partial charge in [-0.15, -0.1) is 0 Å². The summed E-state index contributed by atoms with van der Waals surface area (Å²) in [5.74, 6) is -0.518. The van der Waals surface area contributed by atoms with Crippen LogP contribution >= 0.6 is 0 Å². The first-order valence-electron chi connectivity index (χ1n) is 14.1. The summed E-state index contributed by atoms with van der Waals surface area (Å²) < 4.78 is 7.35. The largest absolute Gasteiger partial charge is 0.444 e. The number of nitrogens with one attached hydrogen (secondary N) is 1. The Morgan fingerprint density at radius 1 is 0.976 bits per heavy atom. The lowest BCUT2D eigenvalue weighted by atomic mass is 9.71. The minimum absolute atomic E-state index is 0.401. The van der Waals surface area contributed by atoms with Gasteiger partial charge in [0.15, 0.2) is 5.65 Å². The molecule has 0 aliphatic heterocycles. The molecule has 0 radical (unpaired) electrons. The Bertz CT molecular complexity index is 1830. The Labute approximate surface area is 244 Å². The number of amides is 2. The highest BCUT2D eigenvalue weighted by molar-refractivity contribution is 6.00. The first-order chi connectivity index (χ1) is 20.1. The van der Waals surface area contributed by atoms with E-state index < -0.39 is 23.1 Å². The van der Waals surface area contributed by atoms with Crippen molar-refractivity contribution in [2.75, 3.05) is 0 Å². The monoisotopic (exact) mass is 559 g/mol. The van der Waals surface area contributed by atoms with Gasteiger partial charge in [-0.25, -0.2) is 14.3 Å². The van der Waals surface area contributed by atoms with Crippen molar-refractivity contribution in [3.63, 3.8) is 0 Å². The molecule has 3 N–H and O–H groups in total. The molecule has 1 fully saturated rings. The first-order valence-corrected chi connectivity index (χ1v) is 14.1. The smallest absolute Gasteiger partial charge is 0.408 e. The van der Waals surface area contributed by atoms with E-state index in [-0.39, 0.29) is 0 Å². The number of hydrogen-bond acceptors (Lipinski definition) is 5. The lowest BCUT2D eigenvalue weighted by Crippen LogP contribution is -2.52. The normalized spacial score (nSPS) is 14.6. The molecule has 0 atom stereocenters. The minimum Gasteiger partial charge on any atom is -0.444 e. The van der Waals surface area contributed by atoms with Crippen LogP contribution in [0.4, 0.5) is 4.79 Å². The van der Waals surface area contributed by atoms with E-state index in [9.17, 15) is 9.59 Å². The van der Waals surface area contributed by atoms with Crippen molar-refractivity contribution in [3.05, 3.63) is 96.2 Å². The molecule has 0 saturated heterocycles. The molecular weight excluding hydrogens is 526 g/mol. The quantitative estimate of drug-likeness (QED) is 0.227. The van der Waals surface area contributed by atoms with Crippen molar-refractivity contribution in [3.8, 4) is 22.4 Å². The third kappa shape index (κ3) is 5.23. The third-order valence-corrected chi connectivity index (χ3v) is 7.63. The standard InChI is InChI=1S/C34H33N5O3/c1-33(2,3)42-32(41)37-34(19-8-20-34)25-16-13-24(14-17-25)29-27(22-9-5-4-6-10-22)21-39-31(36-29)26-12-7-11-23(30(26)38-39)15-18-28(35)40/h4-7,9-18,21H,8,19-20H2,1-3H3,(H2,35,40)(H,37,41). The molecule has 1 aliphatic rings. The SMILES string of the molecule is CC(C)(C)OC(=O)NC1(c2ccc(-c3nc4c5cccc(C=CC(N)=O)c5nn4cc3-c3ccccc3)cc2)CCC1. The number of rotatable bonds is 6. The zero-order chi connectivity index (χ0) is 29.5. The highest BCUT2D eigenvalue weighted by atomic mass is 16.6. The lowest BCUT2D eigenvalue weighted by Gasteiger charge is -2.43. The van der Waals surface area contributed by atoms with Gasteiger partial charge in [-0.2, -0.15) is 5.10 Å². The zero-order valence-electron chi connectivity index (χ0n) is 23.9. The fourth-order valence-electron chi connectivity index (χ4n) is 5.50. The average molecular weight is 560 g/mol. The summed E-state index contributed by atoms with van der Waals surface area (Å²) in [4.78, 5) is 29.2. The van der Waals surface area contributed by atoms with E-state index in [1.165, 1.54) is 6.08 Å². The molecule has 0 unspecified atom stereocenters. The number of ether oxygens (including phenoxy) is 1. The highest BCUT2D eigenvalue weighted by Crippen LogP contribution is 2.42. The first kappa shape index (κ1) is 27.2. The summed E-state index contributed by atoms with van der Waals surface area (Å²) in [7, 11) is 0. The van der Waals surface area contributed by atoms with E-state index in [2.05, 4.69) is 41.7 Å². The molecule has 8 heteroatoms. The lowest BCUT2D eigenvalue weighted by molar-refractivity contribution is -0.113. The Morgan fingerprint density at radius 3 is 2.36 bits per heavy atom. The van der Waals surface area contributed by atoms with Crippen molar-refractivity contribution >= 4 is 34.6 Å². The Kier molecular flexibility index (Phi) is 6.77. The molecule has 212 valence electrons. The Morgan fingerprint density at radius 2 is 1.71 bits per heavy atom. The molecule has 1 aliphatic carbocycles. The topological polar surface area (TPSA) is 112 Å². The minimum atomic E-state index is -0.562. The van der Waals surface area contributed by atoms with Gasteiger partial charge in [0.2, 0.25) is 5.91 Å². The van der Waals surface area contributed by atoms with Crippen LogP contribution in [0.15, 0.2) is 85.1 Å². The summed E-state index contributed by atoms with van der Waals surface area (Å²) in [6.07, 6.45) is 7.37. The number of nitrogens with zero attached hydrogens (tertiary/aromatic N) is 3. The molecule has 3 aromatic carbocycles. The maximum Gasteiger partial charge on any atom is 0.408 e. The second kappa shape index (κ2) is 10.4. The molecule has 42 heavy (non-hydrogen) atoms. The van der Waals surface area contributed by atoms with E-state index in [0.29, 0.717) is 5.65 Å². The maximum absolute atomic E-state index is 12.7. The molecule has 8 nitrogen and oxygen atoms in total. The van der Waals surface area contributed by atoms with Crippen LogP contribution < -0.4 is 11.1 Å². The van der Waals surface area contributed by atoms with Gasteiger partial charge in [-0.3, -0.25) is 4.79 Å². The Hall–Kier alpha value is -4.98. The van der Waals surface area contributed by atoms with Gasteiger partial charge < -0.3 is 15.8 Å². The number of benzene rings is 3. The summed E-state index contributed by atoms with van der Waals surface area (Å²) in [5, 5.41) is 8.84. The van der Waals surface area contributed by atoms with Crippen LogP contribution in [-0.2, 0) is 15.1 Å². The van der Waals surface area contributed by atoms with Gasteiger partial charge in [0.25, 0.3) is 0 Å². The van der Waals surface area contributed by atoms with Gasteiger partial charge in [0, 0.05) is 34.3 Å². The maximum atomic E-state index is 12.7. The number of carbonyl (C=O) groups excluding carboxylic acids is 2. The van der Waals surface area contributed by atoms with Crippen molar-refractivity contribution in [1.82, 2.24) is 19.9 Å². The second-order valence-corrected chi connectivity index (χ2v) is 11.8. The summed E-state index contributed by atoms with van der Waals surface area (Å²) >= 11 is 0. The van der Waals surface area contributed by atoms with Gasteiger partial charge in [-0.05, 0) is 63.3 Å². The van der Waals surface area contributed by atoms with Gasteiger partial charge in [-0.1, -0.05) is 66.7 Å². The average Bonchev–Trinajstić information content (AvgIpc) is 3.31. The van der Waals surface area contributed by atoms with Crippen LogP contribution in [0.1, 0.15) is 51.2 Å². The number of fused-ring (bicyclic) bond motifs is 3. The van der Waals surface area contributed by atoms with E-state index in [1.807, 2.05) is 63.4 Å². The van der Waals surface area contributed by atoms with Crippen LogP contribution in [0.3, 0.4) is 0 Å². The van der Waals surface area contributed by atoms with Crippen LogP contribution in [0.25, 0.3) is 45.0 Å². The number of aromatic nitrogens is 3. The molecule has 2 aromatic heterocycles. The number of alkyl carbamates (subject to hydrolysis) is 1. The molecule has 6 rings (SSSR count). The number of carbonyl (C=O) groups is 2. The van der Waals surface area contributed by atoms with E-state index in [4.69, 9.17) is 20.6 Å². The zero-order valence-corrected chi connectivity index (χ0v) is 23.9. The fraction of sp³-hybridized carbons (Fsp3) is 0.235. The Balaban J connectivity index is 1.44. The van der Waals surface area contributed by atoms with E-state index >= 15 is 0 Å². The van der Waals surface area contributed by atoms with Crippen molar-refractivity contribution in [1.29, 1.82) is 0 Å². The van der Waals surface area contributed by atoms with E-state index in [0.717, 1.165) is 63.7 Å². The van der Waals surface area contributed by atoms with Crippen LogP contribution in [0, 0.1) is 0 Å². The molecule has 2 heterocycles.